The van der Waals surface area contributed by atoms with Crippen molar-refractivity contribution in [3.8, 4) is 0 Å². The Morgan fingerprint density at radius 2 is 2.38 bits per heavy atom. The van der Waals surface area contributed by atoms with E-state index in [1.54, 1.807) is 10.4 Å². The number of hydrogen-bond donors (Lipinski definition) is 1. The van der Waals surface area contributed by atoms with Gasteiger partial charge in [-0.3, -0.25) is 4.90 Å². The molecule has 2 nitrogen and oxygen atoms in total. The lowest BCUT2D eigenvalue weighted by Crippen LogP contribution is -2.57. The molecule has 0 aromatic carbocycles. The van der Waals surface area contributed by atoms with Gasteiger partial charge in [-0.2, -0.15) is 0 Å². The molecule has 0 atom stereocenters. The van der Waals surface area contributed by atoms with E-state index in [0.717, 1.165) is 6.04 Å². The molecule has 0 aliphatic carbocycles. The van der Waals surface area contributed by atoms with Crippen LogP contribution in [0.4, 0.5) is 0 Å². The molecule has 0 saturated carbocycles. The molecule has 70 valence electrons. The zero-order valence-electron chi connectivity index (χ0n) is 7.62. The van der Waals surface area contributed by atoms with Gasteiger partial charge in [0.05, 0.1) is 0 Å². The Morgan fingerprint density at radius 3 is 3.15 bits per heavy atom. The number of fused-ring (bicyclic) bond motifs is 1. The van der Waals surface area contributed by atoms with Gasteiger partial charge in [-0.1, -0.05) is 0 Å². The van der Waals surface area contributed by atoms with Crippen LogP contribution in [0.2, 0.25) is 0 Å². The second kappa shape index (κ2) is 3.08. The van der Waals surface area contributed by atoms with Gasteiger partial charge in [0.2, 0.25) is 0 Å². The second-order valence-electron chi connectivity index (χ2n) is 3.90. The zero-order valence-corrected chi connectivity index (χ0v) is 8.44. The predicted molar refractivity (Wildman–Crippen MR) is 55.1 cm³/mol. The van der Waals surface area contributed by atoms with Gasteiger partial charge in [-0.25, -0.2) is 0 Å². The summed E-state index contributed by atoms with van der Waals surface area (Å²) in [5.74, 6) is 0. The van der Waals surface area contributed by atoms with Crippen molar-refractivity contribution < 1.29 is 0 Å². The SMILES string of the molecule is c1cc2c(s1)CCN(C1CNC1)C2. The van der Waals surface area contributed by atoms with Crippen molar-refractivity contribution in [2.75, 3.05) is 19.6 Å². The fourth-order valence-corrected chi connectivity index (χ4v) is 3.00. The summed E-state index contributed by atoms with van der Waals surface area (Å²) in [4.78, 5) is 4.23. The van der Waals surface area contributed by atoms with Gasteiger partial charge in [0.25, 0.3) is 0 Å². The quantitative estimate of drug-likeness (QED) is 0.719. The Kier molecular flexibility index (Phi) is 1.89. The zero-order chi connectivity index (χ0) is 8.67. The van der Waals surface area contributed by atoms with Crippen molar-refractivity contribution >= 4 is 11.3 Å². The molecule has 1 saturated heterocycles. The highest BCUT2D eigenvalue weighted by molar-refractivity contribution is 7.10. The molecule has 2 aliphatic rings. The molecular weight excluding hydrogens is 180 g/mol. The van der Waals surface area contributed by atoms with Crippen molar-refractivity contribution in [3.63, 3.8) is 0 Å². The lowest BCUT2D eigenvalue weighted by molar-refractivity contribution is 0.132. The Labute approximate surface area is 82.6 Å². The molecule has 0 bridgehead atoms. The van der Waals surface area contributed by atoms with E-state index < -0.39 is 0 Å². The normalized spacial score (nSPS) is 24.0. The first-order chi connectivity index (χ1) is 6.43. The maximum Gasteiger partial charge on any atom is 0.0349 e. The van der Waals surface area contributed by atoms with Crippen LogP contribution < -0.4 is 5.32 Å². The molecule has 3 heterocycles. The maximum absolute atomic E-state index is 3.34. The topological polar surface area (TPSA) is 15.3 Å². The van der Waals surface area contributed by atoms with E-state index in [4.69, 9.17) is 0 Å². The molecule has 0 spiro atoms. The van der Waals surface area contributed by atoms with E-state index in [1.807, 2.05) is 11.3 Å². The second-order valence-corrected chi connectivity index (χ2v) is 4.90. The van der Waals surface area contributed by atoms with E-state index in [0.29, 0.717) is 0 Å². The van der Waals surface area contributed by atoms with Crippen LogP contribution >= 0.6 is 11.3 Å². The Morgan fingerprint density at radius 1 is 1.46 bits per heavy atom. The van der Waals surface area contributed by atoms with Gasteiger partial charge in [0, 0.05) is 37.1 Å². The summed E-state index contributed by atoms with van der Waals surface area (Å²) in [6.45, 7) is 4.84. The van der Waals surface area contributed by atoms with Gasteiger partial charge in [0.15, 0.2) is 0 Å². The molecule has 0 unspecified atom stereocenters. The summed E-state index contributed by atoms with van der Waals surface area (Å²) in [6.07, 6.45) is 1.27. The Balaban J connectivity index is 1.76. The maximum atomic E-state index is 3.34. The molecule has 1 aromatic rings. The van der Waals surface area contributed by atoms with Gasteiger partial charge in [0.1, 0.15) is 0 Å². The third kappa shape index (κ3) is 1.31. The van der Waals surface area contributed by atoms with Crippen molar-refractivity contribution in [2.45, 2.75) is 19.0 Å². The summed E-state index contributed by atoms with van der Waals surface area (Å²) in [6, 6.07) is 3.10. The van der Waals surface area contributed by atoms with Crippen molar-refractivity contribution in [1.82, 2.24) is 10.2 Å². The largest absolute Gasteiger partial charge is 0.314 e. The first kappa shape index (κ1) is 7.97. The van der Waals surface area contributed by atoms with Crippen LogP contribution in [0.15, 0.2) is 11.4 Å². The van der Waals surface area contributed by atoms with Gasteiger partial charge in [-0.05, 0) is 23.4 Å². The molecule has 3 rings (SSSR count). The van der Waals surface area contributed by atoms with E-state index in [1.165, 1.54) is 32.6 Å². The molecule has 1 aromatic heterocycles. The fourth-order valence-electron chi connectivity index (χ4n) is 2.11. The monoisotopic (exact) mass is 194 g/mol. The molecule has 2 aliphatic heterocycles. The van der Waals surface area contributed by atoms with Gasteiger partial charge < -0.3 is 5.32 Å². The van der Waals surface area contributed by atoms with Crippen LogP contribution in [0.3, 0.4) is 0 Å². The van der Waals surface area contributed by atoms with Crippen molar-refractivity contribution in [1.29, 1.82) is 0 Å². The smallest absolute Gasteiger partial charge is 0.0349 e. The third-order valence-corrected chi connectivity index (χ3v) is 4.14. The number of nitrogens with zero attached hydrogens (tertiary/aromatic N) is 1. The minimum Gasteiger partial charge on any atom is -0.314 e. The average Bonchev–Trinajstić information content (AvgIpc) is 2.47. The Hall–Kier alpha value is -0.380. The van der Waals surface area contributed by atoms with Crippen LogP contribution in [-0.4, -0.2) is 30.6 Å². The highest BCUT2D eigenvalue weighted by atomic mass is 32.1. The van der Waals surface area contributed by atoms with Crippen LogP contribution in [-0.2, 0) is 13.0 Å². The summed E-state index contributed by atoms with van der Waals surface area (Å²) < 4.78 is 0. The lowest BCUT2D eigenvalue weighted by Gasteiger charge is -2.40. The standard InChI is InChI=1S/C10H14N2S/c1-3-12(9-5-11-6-9)7-8-2-4-13-10(1)8/h2,4,9,11H,1,3,5-7H2. The van der Waals surface area contributed by atoms with Crippen LogP contribution in [0.25, 0.3) is 0 Å². The van der Waals surface area contributed by atoms with E-state index in [2.05, 4.69) is 21.7 Å². The van der Waals surface area contributed by atoms with E-state index in [-0.39, 0.29) is 0 Å². The molecule has 3 heteroatoms. The number of hydrogen-bond acceptors (Lipinski definition) is 3. The molecule has 0 amide bonds. The fraction of sp³-hybridized carbons (Fsp3) is 0.600. The molecule has 1 fully saturated rings. The van der Waals surface area contributed by atoms with Crippen LogP contribution in [0.1, 0.15) is 10.4 Å². The summed E-state index contributed by atoms with van der Waals surface area (Å²) in [5, 5.41) is 5.57. The number of thiophene rings is 1. The molecule has 0 radical (unpaired) electrons. The molecule has 13 heavy (non-hydrogen) atoms. The molecular formula is C10H14N2S. The van der Waals surface area contributed by atoms with Gasteiger partial charge in [-0.15, -0.1) is 11.3 Å². The van der Waals surface area contributed by atoms with Crippen LogP contribution in [0, 0.1) is 0 Å². The van der Waals surface area contributed by atoms with Crippen LogP contribution in [0.5, 0.6) is 0 Å². The lowest BCUT2D eigenvalue weighted by atomic mass is 10.0. The average molecular weight is 194 g/mol. The van der Waals surface area contributed by atoms with Crippen molar-refractivity contribution in [2.24, 2.45) is 0 Å². The summed E-state index contributed by atoms with van der Waals surface area (Å²) in [7, 11) is 0. The Bertz CT molecular complexity index is 304. The minimum atomic E-state index is 0.813. The first-order valence-electron chi connectivity index (χ1n) is 4.93. The highest BCUT2D eigenvalue weighted by Crippen LogP contribution is 2.25. The minimum absolute atomic E-state index is 0.813. The number of nitrogens with one attached hydrogen (secondary N) is 1. The first-order valence-corrected chi connectivity index (χ1v) is 5.81. The number of rotatable bonds is 1. The third-order valence-electron chi connectivity index (χ3n) is 3.11. The van der Waals surface area contributed by atoms with E-state index >= 15 is 0 Å². The molecule has 1 N–H and O–H groups in total. The summed E-state index contributed by atoms with van der Waals surface area (Å²) >= 11 is 1.92. The summed E-state index contributed by atoms with van der Waals surface area (Å²) in [5.41, 5.74) is 1.57. The highest BCUT2D eigenvalue weighted by Gasteiger charge is 2.27. The van der Waals surface area contributed by atoms with Gasteiger partial charge >= 0.3 is 0 Å². The van der Waals surface area contributed by atoms with Crippen molar-refractivity contribution in [3.05, 3.63) is 21.9 Å². The van der Waals surface area contributed by atoms with E-state index in [9.17, 15) is 0 Å². The predicted octanol–water partition coefficient (Wildman–Crippen LogP) is 1.08.